The molecule has 2 aliphatic heterocycles. The second-order valence-electron chi connectivity index (χ2n) is 8.99. The van der Waals surface area contributed by atoms with Crippen molar-refractivity contribution < 1.29 is 4.79 Å². The lowest BCUT2D eigenvalue weighted by atomic mass is 10.1. The summed E-state index contributed by atoms with van der Waals surface area (Å²) < 4.78 is 1.88. The molecule has 34 heavy (non-hydrogen) atoms. The van der Waals surface area contributed by atoms with E-state index in [1.54, 1.807) is 23.1 Å². The Morgan fingerprint density at radius 1 is 1.15 bits per heavy atom. The SMILES string of the molecule is CC1=C(C(=O)NCc2cccs2)SC(c2nn(C)c3nc(N4CCCCCC4)ccc23)=CCC1. The van der Waals surface area contributed by atoms with E-state index in [-0.39, 0.29) is 5.91 Å². The Balaban J connectivity index is 1.40. The molecule has 0 unspecified atom stereocenters. The van der Waals surface area contributed by atoms with E-state index >= 15 is 0 Å². The van der Waals surface area contributed by atoms with Gasteiger partial charge in [-0.25, -0.2) is 9.67 Å². The quantitative estimate of drug-likeness (QED) is 0.482. The molecule has 0 bridgehead atoms. The first-order valence-electron chi connectivity index (χ1n) is 12.1. The number of thioether (sulfide) groups is 1. The first kappa shape index (κ1) is 23.2. The number of rotatable bonds is 5. The predicted octanol–water partition coefficient (Wildman–Crippen LogP) is 5.87. The molecule has 2 aliphatic rings. The Kier molecular flexibility index (Phi) is 7.06. The van der Waals surface area contributed by atoms with E-state index in [9.17, 15) is 4.79 Å². The van der Waals surface area contributed by atoms with Gasteiger partial charge in [-0.05, 0) is 56.2 Å². The average molecular weight is 494 g/mol. The largest absolute Gasteiger partial charge is 0.357 e. The summed E-state index contributed by atoms with van der Waals surface area (Å²) in [6.07, 6.45) is 9.05. The van der Waals surface area contributed by atoms with Crippen LogP contribution < -0.4 is 10.2 Å². The van der Waals surface area contributed by atoms with Gasteiger partial charge >= 0.3 is 0 Å². The predicted molar refractivity (Wildman–Crippen MR) is 143 cm³/mol. The highest BCUT2D eigenvalue weighted by Crippen LogP contribution is 2.41. The summed E-state index contributed by atoms with van der Waals surface area (Å²) in [5.41, 5.74) is 2.93. The Hall–Kier alpha value is -2.58. The van der Waals surface area contributed by atoms with Gasteiger partial charge in [-0.1, -0.05) is 42.3 Å². The summed E-state index contributed by atoms with van der Waals surface area (Å²) in [7, 11) is 1.96. The summed E-state index contributed by atoms with van der Waals surface area (Å²) in [6.45, 7) is 4.76. The van der Waals surface area contributed by atoms with Crippen molar-refractivity contribution in [2.45, 2.75) is 52.0 Å². The Labute approximate surface area is 209 Å². The molecule has 6 nitrogen and oxygen atoms in total. The summed E-state index contributed by atoms with van der Waals surface area (Å²) >= 11 is 3.20. The molecule has 3 aromatic heterocycles. The van der Waals surface area contributed by atoms with Gasteiger partial charge in [0.05, 0.1) is 11.4 Å². The molecular weight excluding hydrogens is 462 g/mol. The third kappa shape index (κ3) is 4.93. The van der Waals surface area contributed by atoms with Gasteiger partial charge in [-0.3, -0.25) is 4.79 Å². The lowest BCUT2D eigenvalue weighted by Gasteiger charge is -2.21. The van der Waals surface area contributed by atoms with Crippen molar-refractivity contribution >= 4 is 50.8 Å². The van der Waals surface area contributed by atoms with E-state index in [4.69, 9.17) is 10.1 Å². The van der Waals surface area contributed by atoms with E-state index in [2.05, 4.69) is 35.3 Å². The van der Waals surface area contributed by atoms with Gasteiger partial charge in [0.1, 0.15) is 11.5 Å². The number of thiophene rings is 1. The van der Waals surface area contributed by atoms with Gasteiger partial charge in [0, 0.05) is 35.3 Å². The molecule has 1 N–H and O–H groups in total. The molecule has 0 aromatic carbocycles. The normalized spacial score (nSPS) is 17.5. The number of carbonyl (C=O) groups is 1. The fourth-order valence-electron chi connectivity index (χ4n) is 4.60. The molecule has 0 spiro atoms. The van der Waals surface area contributed by atoms with Crippen LogP contribution in [0.1, 0.15) is 56.0 Å². The van der Waals surface area contributed by atoms with Crippen molar-refractivity contribution in [2.75, 3.05) is 18.0 Å². The van der Waals surface area contributed by atoms with E-state index < -0.39 is 0 Å². The van der Waals surface area contributed by atoms with Crippen LogP contribution in [0, 0.1) is 0 Å². The highest BCUT2D eigenvalue weighted by Gasteiger charge is 2.23. The van der Waals surface area contributed by atoms with Crippen LogP contribution in [0.3, 0.4) is 0 Å². The minimum Gasteiger partial charge on any atom is -0.357 e. The maximum absolute atomic E-state index is 13.1. The molecule has 1 amide bonds. The maximum Gasteiger partial charge on any atom is 0.258 e. The molecule has 0 aliphatic carbocycles. The number of anilines is 1. The maximum atomic E-state index is 13.1. The average Bonchev–Trinajstić information content (AvgIpc) is 3.31. The number of fused-ring (bicyclic) bond motifs is 1. The smallest absolute Gasteiger partial charge is 0.258 e. The second kappa shape index (κ2) is 10.4. The second-order valence-corrected chi connectivity index (χ2v) is 11.1. The topological polar surface area (TPSA) is 63.1 Å². The number of hydrogen-bond donors (Lipinski definition) is 1. The van der Waals surface area contributed by atoms with Crippen molar-refractivity contribution in [1.82, 2.24) is 20.1 Å². The zero-order valence-corrected chi connectivity index (χ0v) is 21.5. The standard InChI is InChI=1S/C26H31N5OS2/c1-18-9-7-11-21(34-24(18)26(32)27-17-19-10-8-16-33-19)23-20-12-13-22(28-25(20)30(2)29-23)31-14-5-3-4-6-15-31/h8,10-13,16H,3-7,9,14-15,17H2,1-2H3,(H,27,32). The van der Waals surface area contributed by atoms with E-state index in [0.717, 1.165) is 68.7 Å². The highest BCUT2D eigenvalue weighted by molar-refractivity contribution is 8.12. The van der Waals surface area contributed by atoms with Crippen LogP contribution in [0.5, 0.6) is 0 Å². The summed E-state index contributed by atoms with van der Waals surface area (Å²) in [5.74, 6) is 1.03. The van der Waals surface area contributed by atoms with E-state index in [0.29, 0.717) is 6.54 Å². The van der Waals surface area contributed by atoms with Crippen LogP contribution in [0.15, 0.2) is 46.2 Å². The Morgan fingerprint density at radius 2 is 1.97 bits per heavy atom. The highest BCUT2D eigenvalue weighted by atomic mass is 32.2. The van der Waals surface area contributed by atoms with Gasteiger partial charge in [0.25, 0.3) is 5.91 Å². The van der Waals surface area contributed by atoms with Crippen molar-refractivity contribution in [3.8, 4) is 0 Å². The van der Waals surface area contributed by atoms with Crippen LogP contribution in [-0.2, 0) is 18.4 Å². The number of allylic oxidation sites excluding steroid dienone is 2. The van der Waals surface area contributed by atoms with Crippen molar-refractivity contribution in [1.29, 1.82) is 0 Å². The van der Waals surface area contributed by atoms with Gasteiger partial charge in [-0.2, -0.15) is 5.10 Å². The first-order chi connectivity index (χ1) is 16.6. The Morgan fingerprint density at radius 3 is 2.74 bits per heavy atom. The molecule has 0 saturated carbocycles. The summed E-state index contributed by atoms with van der Waals surface area (Å²) in [5, 5.41) is 11.0. The van der Waals surface area contributed by atoms with Gasteiger partial charge < -0.3 is 10.2 Å². The van der Waals surface area contributed by atoms with E-state index in [1.807, 2.05) is 29.2 Å². The number of nitrogens with zero attached hydrogens (tertiary/aromatic N) is 4. The summed E-state index contributed by atoms with van der Waals surface area (Å²) in [6, 6.07) is 8.35. The lowest BCUT2D eigenvalue weighted by molar-refractivity contribution is -0.117. The minimum absolute atomic E-state index is 0.00879. The monoisotopic (exact) mass is 493 g/mol. The zero-order valence-electron chi connectivity index (χ0n) is 19.8. The zero-order chi connectivity index (χ0) is 23.5. The fraction of sp³-hybridized carbons (Fsp3) is 0.423. The van der Waals surface area contributed by atoms with Gasteiger partial charge in [0.2, 0.25) is 0 Å². The molecule has 5 rings (SSSR count). The van der Waals surface area contributed by atoms with Crippen LogP contribution in [0.2, 0.25) is 0 Å². The van der Waals surface area contributed by atoms with Crippen molar-refractivity contribution in [3.05, 3.63) is 56.8 Å². The number of aryl methyl sites for hydroxylation is 1. The van der Waals surface area contributed by atoms with Crippen LogP contribution in [0.25, 0.3) is 15.9 Å². The first-order valence-corrected chi connectivity index (χ1v) is 13.8. The van der Waals surface area contributed by atoms with Crippen molar-refractivity contribution in [3.63, 3.8) is 0 Å². The number of hydrogen-bond acceptors (Lipinski definition) is 6. The number of nitrogens with one attached hydrogen (secondary N) is 1. The number of pyridine rings is 1. The number of amides is 1. The fourth-order valence-corrected chi connectivity index (χ4v) is 6.35. The third-order valence-corrected chi connectivity index (χ3v) is 8.69. The molecule has 5 heterocycles. The Bertz CT molecular complexity index is 1230. The molecule has 3 aromatic rings. The van der Waals surface area contributed by atoms with Crippen molar-refractivity contribution in [2.24, 2.45) is 7.05 Å². The lowest BCUT2D eigenvalue weighted by Crippen LogP contribution is -2.24. The minimum atomic E-state index is -0.00879. The third-order valence-electron chi connectivity index (χ3n) is 6.49. The molecule has 0 radical (unpaired) electrons. The molecule has 0 atom stereocenters. The molecule has 178 valence electrons. The van der Waals surface area contributed by atoms with E-state index in [1.165, 1.54) is 25.7 Å². The van der Waals surface area contributed by atoms with Crippen LogP contribution >= 0.6 is 23.1 Å². The van der Waals surface area contributed by atoms with Gasteiger partial charge in [0.15, 0.2) is 5.65 Å². The molecular formula is C26H31N5OS2. The van der Waals surface area contributed by atoms with Gasteiger partial charge in [-0.15, -0.1) is 11.3 Å². The van der Waals surface area contributed by atoms with Crippen LogP contribution in [-0.4, -0.2) is 33.8 Å². The summed E-state index contributed by atoms with van der Waals surface area (Å²) in [4.78, 5) is 23.5. The number of carbonyl (C=O) groups excluding carboxylic acids is 1. The van der Waals surface area contributed by atoms with Crippen LogP contribution in [0.4, 0.5) is 5.82 Å². The molecule has 1 fully saturated rings. The molecule has 1 saturated heterocycles. The number of aromatic nitrogens is 3. The molecule has 8 heteroatoms.